The van der Waals surface area contributed by atoms with E-state index in [-0.39, 0.29) is 13.0 Å². The number of esters is 1. The van der Waals surface area contributed by atoms with Crippen molar-refractivity contribution in [2.45, 2.75) is 49.9 Å². The summed E-state index contributed by atoms with van der Waals surface area (Å²) >= 11 is 0. The lowest BCUT2D eigenvalue weighted by molar-refractivity contribution is -0.278. The minimum atomic E-state index is -5.12. The Bertz CT molecular complexity index is 1590. The van der Waals surface area contributed by atoms with Crippen LogP contribution in [0.4, 0.5) is 13.2 Å². The molecule has 4 aromatic carbocycles. The molecule has 0 aliphatic carbocycles. The van der Waals surface area contributed by atoms with Crippen molar-refractivity contribution in [2.75, 3.05) is 20.2 Å². The summed E-state index contributed by atoms with van der Waals surface area (Å²) in [6.07, 6.45) is -5.41. The SMILES string of the molecule is CO[C@@](C(=O)O[C@@H]1CCCN(Cc2ccccc2)C[C@H]1NC(=O)c1ccc(OCc2ccccc2)cc1)(c1ccccc1)C(F)(F)F. The zero-order chi connectivity index (χ0) is 33.3. The zero-order valence-electron chi connectivity index (χ0n) is 26.0. The van der Waals surface area contributed by atoms with Crippen LogP contribution in [0.3, 0.4) is 0 Å². The molecule has 1 amide bonds. The van der Waals surface area contributed by atoms with Gasteiger partial charge in [0, 0.05) is 31.3 Å². The highest BCUT2D eigenvalue weighted by Gasteiger charge is 2.64. The first-order valence-corrected chi connectivity index (χ1v) is 15.4. The van der Waals surface area contributed by atoms with Gasteiger partial charge in [-0.3, -0.25) is 9.69 Å². The fourth-order valence-corrected chi connectivity index (χ4v) is 5.77. The average Bonchev–Trinajstić information content (AvgIpc) is 3.26. The second-order valence-corrected chi connectivity index (χ2v) is 11.4. The Morgan fingerprint density at radius 3 is 2.02 bits per heavy atom. The topological polar surface area (TPSA) is 77.1 Å². The molecule has 1 aliphatic heterocycles. The third-order valence-corrected chi connectivity index (χ3v) is 8.23. The molecule has 0 saturated carbocycles. The van der Waals surface area contributed by atoms with E-state index < -0.39 is 41.4 Å². The summed E-state index contributed by atoms with van der Waals surface area (Å²) in [6, 6.07) is 31.9. The second kappa shape index (κ2) is 15.3. The lowest BCUT2D eigenvalue weighted by Gasteiger charge is -2.35. The van der Waals surface area contributed by atoms with Gasteiger partial charge >= 0.3 is 12.1 Å². The van der Waals surface area contributed by atoms with Gasteiger partial charge in [0.15, 0.2) is 0 Å². The molecule has 1 saturated heterocycles. The highest BCUT2D eigenvalue weighted by atomic mass is 19.4. The largest absolute Gasteiger partial charge is 0.489 e. The highest BCUT2D eigenvalue weighted by Crippen LogP contribution is 2.43. The molecule has 7 nitrogen and oxygen atoms in total. The maximum absolute atomic E-state index is 14.6. The smallest absolute Gasteiger partial charge is 0.432 e. The van der Waals surface area contributed by atoms with Crippen LogP contribution in [0.5, 0.6) is 5.75 Å². The Labute approximate surface area is 272 Å². The van der Waals surface area contributed by atoms with Gasteiger partial charge < -0.3 is 19.5 Å². The number of carbonyl (C=O) groups excluding carboxylic acids is 2. The number of hydrogen-bond acceptors (Lipinski definition) is 6. The Kier molecular flexibility index (Phi) is 11.0. The number of carbonyl (C=O) groups is 2. The predicted molar refractivity (Wildman–Crippen MR) is 170 cm³/mol. The van der Waals surface area contributed by atoms with Crippen molar-refractivity contribution in [1.82, 2.24) is 10.2 Å². The molecule has 4 aromatic rings. The maximum atomic E-state index is 14.6. The average molecular weight is 647 g/mol. The molecule has 1 N–H and O–H groups in total. The number of amides is 1. The summed E-state index contributed by atoms with van der Waals surface area (Å²) in [5, 5.41) is 2.95. The van der Waals surface area contributed by atoms with Gasteiger partial charge in [-0.05, 0) is 54.8 Å². The number of nitrogens with zero attached hydrogens (tertiary/aromatic N) is 1. The second-order valence-electron chi connectivity index (χ2n) is 11.4. The number of methoxy groups -OCH3 is 1. The van der Waals surface area contributed by atoms with Gasteiger partial charge in [0.1, 0.15) is 18.5 Å². The van der Waals surface area contributed by atoms with E-state index in [9.17, 15) is 22.8 Å². The van der Waals surface area contributed by atoms with E-state index in [0.717, 1.165) is 18.2 Å². The van der Waals surface area contributed by atoms with E-state index in [0.29, 0.717) is 37.4 Å². The lowest BCUT2D eigenvalue weighted by Crippen LogP contribution is -2.55. The third-order valence-electron chi connectivity index (χ3n) is 8.23. The summed E-state index contributed by atoms with van der Waals surface area (Å²) in [6.45, 7) is 1.75. The van der Waals surface area contributed by atoms with Crippen molar-refractivity contribution in [3.05, 3.63) is 138 Å². The zero-order valence-corrected chi connectivity index (χ0v) is 26.0. The van der Waals surface area contributed by atoms with Crippen molar-refractivity contribution in [1.29, 1.82) is 0 Å². The molecule has 1 heterocycles. The Morgan fingerprint density at radius 1 is 0.830 bits per heavy atom. The van der Waals surface area contributed by atoms with Crippen LogP contribution >= 0.6 is 0 Å². The normalized spacial score (nSPS) is 18.4. The van der Waals surface area contributed by atoms with Gasteiger partial charge in [0.2, 0.25) is 0 Å². The van der Waals surface area contributed by atoms with Crippen LogP contribution in [0.1, 0.15) is 39.9 Å². The van der Waals surface area contributed by atoms with Crippen LogP contribution < -0.4 is 10.1 Å². The molecular weight excluding hydrogens is 609 g/mol. The molecule has 1 fully saturated rings. The standard InChI is InChI=1S/C37H37F3N2O5/c1-45-36(37(38,39)40,30-16-9-4-10-17-30)35(44)47-33-18-11-23-42(24-27-12-5-2-6-13-27)25-32(33)41-34(43)29-19-21-31(22-20-29)46-26-28-14-7-3-8-15-28/h2-10,12-17,19-22,32-33H,11,18,23-26H2,1H3,(H,41,43)/t32-,33-,36-/m1/s1. The quantitative estimate of drug-likeness (QED) is 0.183. The third kappa shape index (κ3) is 8.19. The van der Waals surface area contributed by atoms with E-state index in [1.54, 1.807) is 30.3 Å². The highest BCUT2D eigenvalue weighted by molar-refractivity contribution is 5.94. The first-order valence-electron chi connectivity index (χ1n) is 15.4. The van der Waals surface area contributed by atoms with Crippen LogP contribution in [0.15, 0.2) is 115 Å². The molecule has 47 heavy (non-hydrogen) atoms. The Balaban J connectivity index is 1.36. The number of hydrogen-bond donors (Lipinski definition) is 1. The maximum Gasteiger partial charge on any atom is 0.432 e. The summed E-state index contributed by atoms with van der Waals surface area (Å²) in [7, 11) is 0.836. The summed E-state index contributed by atoms with van der Waals surface area (Å²) in [5.74, 6) is -1.46. The fraction of sp³-hybridized carbons (Fsp3) is 0.297. The first kappa shape index (κ1) is 33.7. The van der Waals surface area contributed by atoms with Gasteiger partial charge in [-0.1, -0.05) is 91.0 Å². The number of alkyl halides is 3. The molecule has 1 aliphatic rings. The van der Waals surface area contributed by atoms with Crippen LogP contribution in [-0.4, -0.2) is 55.3 Å². The number of nitrogens with one attached hydrogen (secondary N) is 1. The van der Waals surface area contributed by atoms with Gasteiger partial charge in [-0.15, -0.1) is 0 Å². The van der Waals surface area contributed by atoms with Gasteiger partial charge in [-0.2, -0.15) is 13.2 Å². The minimum Gasteiger partial charge on any atom is -0.489 e. The van der Waals surface area contributed by atoms with Gasteiger partial charge in [0.25, 0.3) is 11.5 Å². The molecule has 0 bridgehead atoms. The van der Waals surface area contributed by atoms with E-state index in [4.69, 9.17) is 14.2 Å². The van der Waals surface area contributed by atoms with Crippen LogP contribution in [-0.2, 0) is 33.0 Å². The van der Waals surface area contributed by atoms with Crippen LogP contribution in [0, 0.1) is 0 Å². The molecule has 246 valence electrons. The van der Waals surface area contributed by atoms with Gasteiger partial charge in [-0.25, -0.2) is 4.79 Å². The van der Waals surface area contributed by atoms with Crippen LogP contribution in [0.2, 0.25) is 0 Å². The molecule has 0 unspecified atom stereocenters. The van der Waals surface area contributed by atoms with E-state index in [1.165, 1.54) is 24.3 Å². The lowest BCUT2D eigenvalue weighted by atomic mass is 9.92. The van der Waals surface area contributed by atoms with Crippen molar-refractivity contribution in [2.24, 2.45) is 0 Å². The number of likely N-dealkylation sites (tertiary alicyclic amines) is 1. The number of benzene rings is 4. The Morgan fingerprint density at radius 2 is 1.43 bits per heavy atom. The Hall–Kier alpha value is -4.67. The van der Waals surface area contributed by atoms with Gasteiger partial charge in [0.05, 0.1) is 6.04 Å². The van der Waals surface area contributed by atoms with E-state index in [1.807, 2.05) is 60.7 Å². The summed E-state index contributed by atoms with van der Waals surface area (Å²) in [5.41, 5.74) is -1.37. The molecule has 0 spiro atoms. The molecular formula is C37H37F3N2O5. The monoisotopic (exact) mass is 646 g/mol. The molecule has 5 rings (SSSR count). The number of halogens is 3. The predicted octanol–water partition coefficient (Wildman–Crippen LogP) is 6.68. The van der Waals surface area contributed by atoms with Crippen LogP contribution in [0.25, 0.3) is 0 Å². The first-order chi connectivity index (χ1) is 22.7. The molecule has 10 heteroatoms. The molecule has 0 aromatic heterocycles. The van der Waals surface area contributed by atoms with Crippen molar-refractivity contribution in [3.63, 3.8) is 0 Å². The van der Waals surface area contributed by atoms with E-state index in [2.05, 4.69) is 10.2 Å². The number of rotatable bonds is 11. The fourth-order valence-electron chi connectivity index (χ4n) is 5.77. The minimum absolute atomic E-state index is 0.237. The van der Waals surface area contributed by atoms with Crippen molar-refractivity contribution < 1.29 is 37.0 Å². The summed E-state index contributed by atoms with van der Waals surface area (Å²) in [4.78, 5) is 29.2. The van der Waals surface area contributed by atoms with Crippen molar-refractivity contribution >= 4 is 11.9 Å². The molecule has 0 radical (unpaired) electrons. The van der Waals surface area contributed by atoms with Crippen molar-refractivity contribution in [3.8, 4) is 5.75 Å². The summed E-state index contributed by atoms with van der Waals surface area (Å²) < 4.78 is 60.4. The number of ether oxygens (including phenoxy) is 3. The van der Waals surface area contributed by atoms with E-state index >= 15 is 0 Å². The molecule has 3 atom stereocenters.